The van der Waals surface area contributed by atoms with E-state index in [1.807, 2.05) is 17.0 Å². The molecule has 2 fully saturated rings. The highest BCUT2D eigenvalue weighted by molar-refractivity contribution is 5.99. The van der Waals surface area contributed by atoms with Gasteiger partial charge in [0.15, 0.2) is 5.82 Å². The summed E-state index contributed by atoms with van der Waals surface area (Å²) in [4.78, 5) is 26.6. The van der Waals surface area contributed by atoms with Gasteiger partial charge in [-0.05, 0) is 32.3 Å². The third-order valence-electron chi connectivity index (χ3n) is 5.23. The summed E-state index contributed by atoms with van der Waals surface area (Å²) >= 11 is 0. The molecule has 3 heterocycles. The van der Waals surface area contributed by atoms with E-state index in [-0.39, 0.29) is 5.91 Å². The number of ether oxygens (including phenoxy) is 1. The average Bonchev–Trinajstić information content (AvgIpc) is 2.74. The van der Waals surface area contributed by atoms with Gasteiger partial charge in [-0.2, -0.15) is 0 Å². The molecule has 0 saturated carbocycles. The molecule has 27 heavy (non-hydrogen) atoms. The maximum atomic E-state index is 13.2. The Labute approximate surface area is 160 Å². The summed E-state index contributed by atoms with van der Waals surface area (Å²) in [6, 6.07) is 8.15. The lowest BCUT2D eigenvalue weighted by atomic mass is 10.1. The molecule has 6 nitrogen and oxygen atoms in total. The Bertz CT molecular complexity index is 812. The first-order valence-corrected chi connectivity index (χ1v) is 9.78. The van der Waals surface area contributed by atoms with Crippen molar-refractivity contribution < 1.29 is 9.53 Å². The van der Waals surface area contributed by atoms with Crippen LogP contribution in [0, 0.1) is 6.92 Å². The molecule has 0 atom stereocenters. The molecule has 2 saturated heterocycles. The number of nitrogens with zero attached hydrogens (tertiary/aromatic N) is 4. The molecule has 6 heteroatoms. The zero-order chi connectivity index (χ0) is 18.6. The number of piperidine rings is 1. The van der Waals surface area contributed by atoms with Crippen LogP contribution in [0.3, 0.4) is 0 Å². The van der Waals surface area contributed by atoms with Gasteiger partial charge in [-0.1, -0.05) is 23.8 Å². The van der Waals surface area contributed by atoms with Crippen LogP contribution >= 0.6 is 0 Å². The second kappa shape index (κ2) is 8.05. The van der Waals surface area contributed by atoms with E-state index >= 15 is 0 Å². The fourth-order valence-electron chi connectivity index (χ4n) is 3.73. The van der Waals surface area contributed by atoms with Crippen molar-refractivity contribution in [1.82, 2.24) is 14.9 Å². The van der Waals surface area contributed by atoms with E-state index in [4.69, 9.17) is 9.72 Å². The number of likely N-dealkylation sites (tertiary alicyclic amines) is 1. The lowest BCUT2D eigenvalue weighted by Gasteiger charge is -2.31. The summed E-state index contributed by atoms with van der Waals surface area (Å²) in [6.07, 6.45) is 5.05. The molecule has 1 aromatic heterocycles. The number of carbonyl (C=O) groups is 1. The molecule has 0 spiro atoms. The minimum absolute atomic E-state index is 0.0481. The van der Waals surface area contributed by atoms with E-state index in [1.54, 1.807) is 6.20 Å². The molecule has 4 rings (SSSR count). The summed E-state index contributed by atoms with van der Waals surface area (Å²) in [7, 11) is 0. The molecule has 1 aromatic carbocycles. The van der Waals surface area contributed by atoms with E-state index < -0.39 is 0 Å². The Morgan fingerprint density at radius 1 is 1.07 bits per heavy atom. The number of hydrogen-bond donors (Lipinski definition) is 0. The van der Waals surface area contributed by atoms with Crippen LogP contribution in [0.2, 0.25) is 0 Å². The predicted molar refractivity (Wildman–Crippen MR) is 105 cm³/mol. The minimum atomic E-state index is 0.0481. The van der Waals surface area contributed by atoms with Crippen LogP contribution in [-0.2, 0) is 4.74 Å². The van der Waals surface area contributed by atoms with Gasteiger partial charge in [0, 0.05) is 37.9 Å². The third kappa shape index (κ3) is 3.95. The van der Waals surface area contributed by atoms with Gasteiger partial charge in [0.25, 0.3) is 5.91 Å². The number of rotatable bonds is 3. The first-order chi connectivity index (χ1) is 13.2. The second-order valence-corrected chi connectivity index (χ2v) is 7.25. The fraction of sp³-hybridized carbons (Fsp3) is 0.476. The van der Waals surface area contributed by atoms with Crippen LogP contribution in [0.4, 0.5) is 5.82 Å². The first kappa shape index (κ1) is 17.9. The number of anilines is 1. The summed E-state index contributed by atoms with van der Waals surface area (Å²) < 4.78 is 5.49. The Morgan fingerprint density at radius 3 is 2.59 bits per heavy atom. The normalized spacial score (nSPS) is 17.8. The van der Waals surface area contributed by atoms with Crippen LogP contribution < -0.4 is 4.90 Å². The maximum absolute atomic E-state index is 13.2. The molecule has 2 aromatic rings. The van der Waals surface area contributed by atoms with Crippen molar-refractivity contribution in [2.24, 2.45) is 0 Å². The van der Waals surface area contributed by atoms with Crippen LogP contribution in [0.5, 0.6) is 0 Å². The average molecular weight is 366 g/mol. The number of benzene rings is 1. The Hall–Kier alpha value is -2.47. The third-order valence-corrected chi connectivity index (χ3v) is 5.23. The quantitative estimate of drug-likeness (QED) is 0.836. The predicted octanol–water partition coefficient (Wildman–Crippen LogP) is 2.91. The summed E-state index contributed by atoms with van der Waals surface area (Å²) in [5, 5.41) is 0. The molecule has 142 valence electrons. The van der Waals surface area contributed by atoms with Crippen LogP contribution in [0.15, 0.2) is 30.5 Å². The zero-order valence-corrected chi connectivity index (χ0v) is 15.9. The second-order valence-electron chi connectivity index (χ2n) is 7.25. The summed E-state index contributed by atoms with van der Waals surface area (Å²) in [5.41, 5.74) is 2.74. The molecule has 0 bridgehead atoms. The van der Waals surface area contributed by atoms with Crippen molar-refractivity contribution in [2.75, 3.05) is 44.3 Å². The van der Waals surface area contributed by atoms with Crippen molar-refractivity contribution in [1.29, 1.82) is 0 Å². The van der Waals surface area contributed by atoms with Gasteiger partial charge < -0.3 is 14.5 Å². The van der Waals surface area contributed by atoms with E-state index in [1.165, 1.54) is 6.42 Å². The van der Waals surface area contributed by atoms with Crippen molar-refractivity contribution >= 4 is 11.7 Å². The van der Waals surface area contributed by atoms with Gasteiger partial charge >= 0.3 is 0 Å². The fourth-order valence-corrected chi connectivity index (χ4v) is 3.73. The zero-order valence-electron chi connectivity index (χ0n) is 15.9. The number of carbonyl (C=O) groups excluding carboxylic acids is 1. The van der Waals surface area contributed by atoms with Crippen LogP contribution in [-0.4, -0.2) is 60.2 Å². The van der Waals surface area contributed by atoms with Crippen molar-refractivity contribution in [3.05, 3.63) is 41.6 Å². The summed E-state index contributed by atoms with van der Waals surface area (Å²) in [5.74, 6) is 1.45. The number of aryl methyl sites for hydroxylation is 1. The standard InChI is InChI=1S/C21H26N4O2/c1-16-6-5-7-17(14-16)19-22-15-18(21(26)25-8-3-2-4-9-25)20(23-19)24-10-12-27-13-11-24/h5-7,14-15H,2-4,8-13H2,1H3. The molecule has 1 amide bonds. The molecule has 2 aliphatic rings. The van der Waals surface area contributed by atoms with E-state index in [9.17, 15) is 4.79 Å². The van der Waals surface area contributed by atoms with Gasteiger partial charge in [0.2, 0.25) is 0 Å². The van der Waals surface area contributed by atoms with Crippen LogP contribution in [0.1, 0.15) is 35.2 Å². The van der Waals surface area contributed by atoms with E-state index in [0.29, 0.717) is 24.6 Å². The number of morpholine rings is 1. The van der Waals surface area contributed by atoms with E-state index in [0.717, 1.165) is 56.0 Å². The van der Waals surface area contributed by atoms with Gasteiger partial charge in [0.05, 0.1) is 13.2 Å². The van der Waals surface area contributed by atoms with Gasteiger partial charge in [-0.3, -0.25) is 4.79 Å². The minimum Gasteiger partial charge on any atom is -0.378 e. The van der Waals surface area contributed by atoms with Gasteiger partial charge in [-0.15, -0.1) is 0 Å². The highest BCUT2D eigenvalue weighted by Crippen LogP contribution is 2.26. The topological polar surface area (TPSA) is 58.6 Å². The monoisotopic (exact) mass is 366 g/mol. The lowest BCUT2D eigenvalue weighted by molar-refractivity contribution is 0.0723. The smallest absolute Gasteiger partial charge is 0.259 e. The lowest BCUT2D eigenvalue weighted by Crippen LogP contribution is -2.40. The molecule has 0 N–H and O–H groups in total. The largest absolute Gasteiger partial charge is 0.378 e. The molecule has 0 aliphatic carbocycles. The molecule has 0 radical (unpaired) electrons. The van der Waals surface area contributed by atoms with Crippen molar-refractivity contribution in [3.8, 4) is 11.4 Å². The number of hydrogen-bond acceptors (Lipinski definition) is 5. The maximum Gasteiger partial charge on any atom is 0.259 e. The number of amides is 1. The van der Waals surface area contributed by atoms with Crippen LogP contribution in [0.25, 0.3) is 11.4 Å². The first-order valence-electron chi connectivity index (χ1n) is 9.78. The SMILES string of the molecule is Cc1cccc(-c2ncc(C(=O)N3CCCCC3)c(N3CCOCC3)n2)c1. The molecule has 2 aliphatic heterocycles. The van der Waals surface area contributed by atoms with E-state index in [2.05, 4.69) is 28.9 Å². The Kier molecular flexibility index (Phi) is 5.34. The Morgan fingerprint density at radius 2 is 1.85 bits per heavy atom. The highest BCUT2D eigenvalue weighted by atomic mass is 16.5. The molecular formula is C21H26N4O2. The van der Waals surface area contributed by atoms with Crippen molar-refractivity contribution in [3.63, 3.8) is 0 Å². The molecule has 0 unspecified atom stereocenters. The highest BCUT2D eigenvalue weighted by Gasteiger charge is 2.26. The van der Waals surface area contributed by atoms with Gasteiger partial charge in [0.1, 0.15) is 11.4 Å². The molecular weight excluding hydrogens is 340 g/mol. The summed E-state index contributed by atoms with van der Waals surface area (Å²) in [6.45, 7) is 6.49. The van der Waals surface area contributed by atoms with Crippen molar-refractivity contribution in [2.45, 2.75) is 26.2 Å². The Balaban J connectivity index is 1.72. The number of aromatic nitrogens is 2. The van der Waals surface area contributed by atoms with Gasteiger partial charge in [-0.25, -0.2) is 9.97 Å².